The molecule has 154 valence electrons. The molecule has 0 radical (unpaired) electrons. The zero-order valence-electron chi connectivity index (χ0n) is 17.8. The number of aliphatic hydroxyl groups is 1. The molecule has 0 bridgehead atoms. The third kappa shape index (κ3) is 11.2. The highest BCUT2D eigenvalue weighted by Crippen LogP contribution is 2.36. The first-order valence-corrected chi connectivity index (χ1v) is 11.3. The first kappa shape index (κ1) is 23.5. The number of rotatable bonds is 15. The van der Waals surface area contributed by atoms with Gasteiger partial charge in [-0.1, -0.05) is 90.4 Å². The van der Waals surface area contributed by atoms with E-state index in [1.807, 2.05) is 6.92 Å². The number of hydrogen-bond acceptors (Lipinski definition) is 3. The van der Waals surface area contributed by atoms with Gasteiger partial charge >= 0.3 is 5.97 Å². The Morgan fingerprint density at radius 2 is 1.23 bits per heavy atom. The summed E-state index contributed by atoms with van der Waals surface area (Å²) < 4.78 is 5.52. The summed E-state index contributed by atoms with van der Waals surface area (Å²) in [5.41, 5.74) is -1.38. The van der Waals surface area contributed by atoms with Gasteiger partial charge in [-0.15, -0.1) is 0 Å². The Bertz CT molecular complexity index is 378. The number of carbonyl (C=O) groups excluding carboxylic acids is 1. The fourth-order valence-corrected chi connectivity index (χ4v) is 4.36. The maximum atomic E-state index is 11.7. The van der Waals surface area contributed by atoms with Crippen LogP contribution >= 0.6 is 0 Å². The molecule has 2 atom stereocenters. The van der Waals surface area contributed by atoms with E-state index in [-0.39, 0.29) is 12.4 Å². The first-order chi connectivity index (χ1) is 12.4. The van der Waals surface area contributed by atoms with Crippen molar-refractivity contribution < 1.29 is 14.6 Å². The van der Waals surface area contributed by atoms with Gasteiger partial charge in [0.2, 0.25) is 0 Å². The standard InChI is InChI=1S/C23H44O3/c1-4-5-6-7-8-9-10-11-12-13-14-15-16-17-18-23(3)20-22(2,25)19-21(24)26-23/h25H,4-20H2,1-3H3/t22-,23+/m0/s1. The van der Waals surface area contributed by atoms with E-state index in [2.05, 4.69) is 6.92 Å². The highest BCUT2D eigenvalue weighted by molar-refractivity contribution is 5.72. The van der Waals surface area contributed by atoms with Crippen LogP contribution in [0.1, 0.15) is 130 Å². The normalized spacial score (nSPS) is 26.1. The van der Waals surface area contributed by atoms with Gasteiger partial charge in [0.1, 0.15) is 5.60 Å². The molecule has 0 spiro atoms. The van der Waals surface area contributed by atoms with Gasteiger partial charge < -0.3 is 9.84 Å². The molecule has 1 saturated heterocycles. The van der Waals surface area contributed by atoms with Gasteiger partial charge in [0, 0.05) is 6.42 Å². The molecule has 0 aliphatic carbocycles. The van der Waals surface area contributed by atoms with Crippen molar-refractivity contribution in [1.29, 1.82) is 0 Å². The predicted molar refractivity (Wildman–Crippen MR) is 109 cm³/mol. The monoisotopic (exact) mass is 368 g/mol. The van der Waals surface area contributed by atoms with E-state index >= 15 is 0 Å². The maximum absolute atomic E-state index is 11.7. The van der Waals surface area contributed by atoms with Gasteiger partial charge in [-0.2, -0.15) is 0 Å². The SMILES string of the molecule is CCCCCCCCCCCCCCCC[C@]1(C)C[C@@](C)(O)CC(=O)O1. The number of hydrogen-bond donors (Lipinski definition) is 1. The predicted octanol–water partition coefficient (Wildman–Crippen LogP) is 6.70. The van der Waals surface area contributed by atoms with Crippen LogP contribution < -0.4 is 0 Å². The molecular weight excluding hydrogens is 324 g/mol. The molecule has 1 fully saturated rings. The molecule has 26 heavy (non-hydrogen) atoms. The highest BCUT2D eigenvalue weighted by Gasteiger charge is 2.43. The fourth-order valence-electron chi connectivity index (χ4n) is 4.36. The molecule has 1 heterocycles. The largest absolute Gasteiger partial charge is 0.459 e. The van der Waals surface area contributed by atoms with E-state index in [4.69, 9.17) is 4.74 Å². The van der Waals surface area contributed by atoms with E-state index < -0.39 is 11.2 Å². The number of cyclic esters (lactones) is 1. The van der Waals surface area contributed by atoms with E-state index in [0.29, 0.717) is 6.42 Å². The lowest BCUT2D eigenvalue weighted by Crippen LogP contribution is -2.48. The summed E-state index contributed by atoms with van der Waals surface area (Å²) >= 11 is 0. The Labute approximate surface area is 162 Å². The molecule has 0 aromatic heterocycles. The smallest absolute Gasteiger partial charge is 0.309 e. The number of unbranched alkanes of at least 4 members (excludes halogenated alkanes) is 13. The summed E-state index contributed by atoms with van der Waals surface area (Å²) in [6, 6.07) is 0. The van der Waals surface area contributed by atoms with Crippen molar-refractivity contribution in [3.8, 4) is 0 Å². The van der Waals surface area contributed by atoms with Crippen LogP contribution in [0.25, 0.3) is 0 Å². The second-order valence-electron chi connectivity index (χ2n) is 9.12. The molecule has 0 aromatic rings. The van der Waals surface area contributed by atoms with Crippen molar-refractivity contribution in [3.05, 3.63) is 0 Å². The Balaban J connectivity index is 1.91. The molecule has 1 N–H and O–H groups in total. The fraction of sp³-hybridized carbons (Fsp3) is 0.957. The lowest BCUT2D eigenvalue weighted by atomic mass is 9.81. The molecule has 0 saturated carbocycles. The van der Waals surface area contributed by atoms with E-state index in [1.54, 1.807) is 6.92 Å². The van der Waals surface area contributed by atoms with Crippen LogP contribution in [-0.2, 0) is 9.53 Å². The molecule has 3 heteroatoms. The lowest BCUT2D eigenvalue weighted by molar-refractivity contribution is -0.185. The summed E-state index contributed by atoms with van der Waals surface area (Å²) in [6.45, 7) is 5.99. The van der Waals surface area contributed by atoms with Gasteiger partial charge in [-0.05, 0) is 26.7 Å². The van der Waals surface area contributed by atoms with Crippen LogP contribution in [0.2, 0.25) is 0 Å². The van der Waals surface area contributed by atoms with Crippen LogP contribution in [0.15, 0.2) is 0 Å². The Morgan fingerprint density at radius 1 is 0.808 bits per heavy atom. The van der Waals surface area contributed by atoms with Crippen molar-refractivity contribution in [2.75, 3.05) is 0 Å². The molecule has 1 aliphatic heterocycles. The van der Waals surface area contributed by atoms with Crippen LogP contribution in [0.4, 0.5) is 0 Å². The van der Waals surface area contributed by atoms with Gasteiger partial charge in [0.25, 0.3) is 0 Å². The highest BCUT2D eigenvalue weighted by atomic mass is 16.6. The summed E-state index contributed by atoms with van der Waals surface area (Å²) in [5.74, 6) is -0.255. The van der Waals surface area contributed by atoms with E-state index in [9.17, 15) is 9.90 Å². The van der Waals surface area contributed by atoms with Crippen molar-refractivity contribution >= 4 is 5.97 Å². The third-order valence-electron chi connectivity index (χ3n) is 5.70. The minimum Gasteiger partial charge on any atom is -0.459 e. The van der Waals surface area contributed by atoms with Crippen molar-refractivity contribution in [3.63, 3.8) is 0 Å². The van der Waals surface area contributed by atoms with Crippen LogP contribution in [0.5, 0.6) is 0 Å². The summed E-state index contributed by atoms with van der Waals surface area (Å²) in [5, 5.41) is 10.2. The minimum absolute atomic E-state index is 0.126. The minimum atomic E-state index is -0.903. The first-order valence-electron chi connectivity index (χ1n) is 11.3. The molecule has 1 rings (SSSR count). The van der Waals surface area contributed by atoms with Gasteiger partial charge in [-0.3, -0.25) is 4.79 Å². The summed E-state index contributed by atoms with van der Waals surface area (Å²) in [4.78, 5) is 11.7. The van der Waals surface area contributed by atoms with Crippen molar-refractivity contribution in [2.24, 2.45) is 0 Å². The zero-order valence-corrected chi connectivity index (χ0v) is 17.8. The molecule has 0 aromatic carbocycles. The number of ether oxygens (including phenoxy) is 1. The zero-order chi connectivity index (χ0) is 19.3. The maximum Gasteiger partial charge on any atom is 0.309 e. The summed E-state index contributed by atoms with van der Waals surface area (Å²) in [7, 11) is 0. The van der Waals surface area contributed by atoms with E-state index in [1.165, 1.54) is 83.5 Å². The average molecular weight is 369 g/mol. The van der Waals surface area contributed by atoms with Crippen LogP contribution in [0.3, 0.4) is 0 Å². The number of esters is 1. The molecule has 0 amide bonds. The second kappa shape index (κ2) is 12.8. The number of carbonyl (C=O) groups is 1. The topological polar surface area (TPSA) is 46.5 Å². The van der Waals surface area contributed by atoms with E-state index in [0.717, 1.165) is 12.8 Å². The molecule has 1 aliphatic rings. The Kier molecular flexibility index (Phi) is 11.5. The average Bonchev–Trinajstić information content (AvgIpc) is 2.52. The molecular formula is C23H44O3. The van der Waals surface area contributed by atoms with Crippen molar-refractivity contribution in [2.45, 2.75) is 141 Å². The Hall–Kier alpha value is -0.570. The van der Waals surface area contributed by atoms with Gasteiger partial charge in [0.05, 0.1) is 12.0 Å². The quantitative estimate of drug-likeness (QED) is 0.258. The van der Waals surface area contributed by atoms with Gasteiger partial charge in [0.15, 0.2) is 0 Å². The second-order valence-corrected chi connectivity index (χ2v) is 9.12. The van der Waals surface area contributed by atoms with Crippen LogP contribution in [-0.4, -0.2) is 22.3 Å². The van der Waals surface area contributed by atoms with Gasteiger partial charge in [-0.25, -0.2) is 0 Å². The van der Waals surface area contributed by atoms with Crippen molar-refractivity contribution in [1.82, 2.24) is 0 Å². The van der Waals surface area contributed by atoms with Crippen LogP contribution in [0, 0.1) is 0 Å². The molecule has 0 unspecified atom stereocenters. The molecule has 3 nitrogen and oxygen atoms in total. The lowest BCUT2D eigenvalue weighted by Gasteiger charge is -2.40. The third-order valence-corrected chi connectivity index (χ3v) is 5.70. The summed E-state index contributed by atoms with van der Waals surface area (Å²) in [6.07, 6.45) is 20.4. The Morgan fingerprint density at radius 3 is 1.65 bits per heavy atom.